The normalized spacial score (nSPS) is 10.8. The van der Waals surface area contributed by atoms with Crippen LogP contribution in [0.2, 0.25) is 0 Å². The van der Waals surface area contributed by atoms with Crippen LogP contribution in [0.5, 0.6) is 0 Å². The molecule has 0 spiro atoms. The lowest BCUT2D eigenvalue weighted by molar-refractivity contribution is 0.102. The van der Waals surface area contributed by atoms with Gasteiger partial charge >= 0.3 is 0 Å². The van der Waals surface area contributed by atoms with Gasteiger partial charge in [0.15, 0.2) is 5.82 Å². The van der Waals surface area contributed by atoms with Crippen molar-refractivity contribution in [2.24, 2.45) is 5.41 Å². The zero-order valence-corrected chi connectivity index (χ0v) is 13.3. The van der Waals surface area contributed by atoms with Gasteiger partial charge in [0.25, 0.3) is 5.91 Å². The van der Waals surface area contributed by atoms with Crippen LogP contribution in [0.3, 0.4) is 0 Å². The molecule has 1 aromatic heterocycles. The van der Waals surface area contributed by atoms with E-state index in [1.807, 2.05) is 6.07 Å². The van der Waals surface area contributed by atoms with Crippen LogP contribution in [-0.2, 0) is 6.42 Å². The summed E-state index contributed by atoms with van der Waals surface area (Å²) in [5.74, 6) is 0.308. The summed E-state index contributed by atoms with van der Waals surface area (Å²) in [7, 11) is 0. The van der Waals surface area contributed by atoms with Crippen molar-refractivity contribution in [2.75, 3.05) is 11.1 Å². The molecule has 0 atom stereocenters. The van der Waals surface area contributed by atoms with E-state index in [2.05, 4.69) is 36.3 Å². The third kappa shape index (κ3) is 5.11. The standard InChI is InChI=1S/C15H20N4O.ClH/c1-15(2,3)9-12-8-13(19-18-12)17-14(20)10-5-4-6-11(16)7-10;/h4-8H,9,16H2,1-3H3,(H2,17,18,19,20);1H. The monoisotopic (exact) mass is 308 g/mol. The number of nitrogens with two attached hydrogens (primary N) is 1. The minimum Gasteiger partial charge on any atom is -0.399 e. The fraction of sp³-hybridized carbons (Fsp3) is 0.333. The quantitative estimate of drug-likeness (QED) is 0.761. The number of nitrogens with one attached hydrogen (secondary N) is 2. The van der Waals surface area contributed by atoms with E-state index >= 15 is 0 Å². The number of aromatic nitrogens is 2. The van der Waals surface area contributed by atoms with E-state index in [1.54, 1.807) is 24.3 Å². The zero-order chi connectivity index (χ0) is 14.8. The average molecular weight is 309 g/mol. The van der Waals surface area contributed by atoms with Crippen molar-refractivity contribution in [1.82, 2.24) is 10.2 Å². The molecule has 2 rings (SSSR count). The Hall–Kier alpha value is -2.01. The highest BCUT2D eigenvalue weighted by atomic mass is 35.5. The molecule has 0 unspecified atom stereocenters. The third-order valence-electron chi connectivity index (χ3n) is 2.74. The lowest BCUT2D eigenvalue weighted by Gasteiger charge is -2.15. The number of H-pyrrole nitrogens is 1. The van der Waals surface area contributed by atoms with Crippen LogP contribution in [0, 0.1) is 5.41 Å². The molecule has 0 bridgehead atoms. The lowest BCUT2D eigenvalue weighted by atomic mass is 9.91. The van der Waals surface area contributed by atoms with Crippen molar-refractivity contribution in [3.05, 3.63) is 41.6 Å². The smallest absolute Gasteiger partial charge is 0.256 e. The van der Waals surface area contributed by atoms with E-state index in [-0.39, 0.29) is 23.7 Å². The predicted octanol–water partition coefficient (Wildman–Crippen LogP) is 3.25. The predicted molar refractivity (Wildman–Crippen MR) is 87.8 cm³/mol. The van der Waals surface area contributed by atoms with Crippen LogP contribution in [0.1, 0.15) is 36.8 Å². The van der Waals surface area contributed by atoms with Crippen molar-refractivity contribution in [1.29, 1.82) is 0 Å². The molecule has 0 aliphatic carbocycles. The minimum absolute atomic E-state index is 0. The highest BCUT2D eigenvalue weighted by Crippen LogP contribution is 2.20. The van der Waals surface area contributed by atoms with Crippen molar-refractivity contribution < 1.29 is 4.79 Å². The molecule has 1 amide bonds. The highest BCUT2D eigenvalue weighted by Gasteiger charge is 2.14. The maximum absolute atomic E-state index is 12.0. The SMILES string of the molecule is CC(C)(C)Cc1cc(NC(=O)c2cccc(N)c2)n[nH]1.Cl. The van der Waals surface area contributed by atoms with Gasteiger partial charge in [-0.15, -0.1) is 12.4 Å². The fourth-order valence-electron chi connectivity index (χ4n) is 1.96. The van der Waals surface area contributed by atoms with Crippen LogP contribution in [0.4, 0.5) is 11.5 Å². The highest BCUT2D eigenvalue weighted by molar-refractivity contribution is 6.04. The van der Waals surface area contributed by atoms with Gasteiger partial charge in [-0.25, -0.2) is 0 Å². The average Bonchev–Trinajstić information content (AvgIpc) is 2.74. The maximum Gasteiger partial charge on any atom is 0.256 e. The van der Waals surface area contributed by atoms with Crippen molar-refractivity contribution >= 4 is 29.8 Å². The largest absolute Gasteiger partial charge is 0.399 e. The molecule has 2 aromatic rings. The molecule has 0 radical (unpaired) electrons. The van der Waals surface area contributed by atoms with Crippen LogP contribution >= 0.6 is 12.4 Å². The van der Waals surface area contributed by atoms with Crippen LogP contribution in [0.25, 0.3) is 0 Å². The number of carbonyl (C=O) groups excluding carboxylic acids is 1. The summed E-state index contributed by atoms with van der Waals surface area (Å²) in [6.45, 7) is 6.45. The van der Waals surface area contributed by atoms with Gasteiger partial charge in [0.1, 0.15) is 0 Å². The van der Waals surface area contributed by atoms with Gasteiger partial charge in [0.05, 0.1) is 0 Å². The van der Waals surface area contributed by atoms with Crippen molar-refractivity contribution in [2.45, 2.75) is 27.2 Å². The van der Waals surface area contributed by atoms with Gasteiger partial charge in [-0.2, -0.15) is 5.10 Å². The molecule has 0 aliphatic heterocycles. The van der Waals surface area contributed by atoms with E-state index in [1.165, 1.54) is 0 Å². The molecule has 1 aromatic carbocycles. The second-order valence-electron chi connectivity index (χ2n) is 6.10. The number of rotatable bonds is 3. The van der Waals surface area contributed by atoms with E-state index < -0.39 is 0 Å². The van der Waals surface area contributed by atoms with Crippen molar-refractivity contribution in [3.63, 3.8) is 0 Å². The van der Waals surface area contributed by atoms with E-state index in [4.69, 9.17) is 5.73 Å². The third-order valence-corrected chi connectivity index (χ3v) is 2.74. The number of amides is 1. The number of aromatic amines is 1. The molecular weight excluding hydrogens is 288 g/mol. The Labute approximate surface area is 130 Å². The summed E-state index contributed by atoms with van der Waals surface area (Å²) in [6, 6.07) is 8.70. The molecule has 0 fully saturated rings. The molecule has 114 valence electrons. The Balaban J connectivity index is 0.00000220. The number of hydrogen-bond donors (Lipinski definition) is 3. The molecule has 1 heterocycles. The topological polar surface area (TPSA) is 83.8 Å². The number of anilines is 2. The molecular formula is C15H21ClN4O. The first-order valence-corrected chi connectivity index (χ1v) is 6.55. The zero-order valence-electron chi connectivity index (χ0n) is 12.4. The van der Waals surface area contributed by atoms with Crippen LogP contribution < -0.4 is 11.1 Å². The Bertz CT molecular complexity index is 616. The summed E-state index contributed by atoms with van der Waals surface area (Å²) >= 11 is 0. The molecule has 21 heavy (non-hydrogen) atoms. The molecule has 6 heteroatoms. The van der Waals surface area contributed by atoms with Gasteiger partial charge in [-0.1, -0.05) is 26.8 Å². The summed E-state index contributed by atoms with van der Waals surface area (Å²) in [5.41, 5.74) is 7.91. The van der Waals surface area contributed by atoms with Gasteiger partial charge in [-0.05, 0) is 30.0 Å². The number of benzene rings is 1. The Morgan fingerprint density at radius 2 is 2.05 bits per heavy atom. The minimum atomic E-state index is -0.217. The maximum atomic E-state index is 12.0. The van der Waals surface area contributed by atoms with Gasteiger partial charge in [0.2, 0.25) is 0 Å². The van der Waals surface area contributed by atoms with E-state index in [9.17, 15) is 4.79 Å². The van der Waals surface area contributed by atoms with Gasteiger partial charge in [0, 0.05) is 23.0 Å². The summed E-state index contributed by atoms with van der Waals surface area (Å²) in [4.78, 5) is 12.0. The Morgan fingerprint density at radius 3 is 2.67 bits per heavy atom. The molecule has 0 saturated heterocycles. The van der Waals surface area contributed by atoms with Crippen molar-refractivity contribution in [3.8, 4) is 0 Å². The van der Waals surface area contributed by atoms with Gasteiger partial charge in [-0.3, -0.25) is 9.89 Å². The van der Waals surface area contributed by atoms with Crippen LogP contribution in [-0.4, -0.2) is 16.1 Å². The summed E-state index contributed by atoms with van der Waals surface area (Å²) in [6.07, 6.45) is 0.869. The number of nitrogens with zero attached hydrogens (tertiary/aromatic N) is 1. The molecule has 0 saturated carbocycles. The van der Waals surface area contributed by atoms with Crippen LogP contribution in [0.15, 0.2) is 30.3 Å². The Morgan fingerprint density at radius 1 is 1.33 bits per heavy atom. The first-order chi connectivity index (χ1) is 9.33. The first kappa shape index (κ1) is 17.0. The molecule has 5 nitrogen and oxygen atoms in total. The fourth-order valence-corrected chi connectivity index (χ4v) is 1.96. The molecule has 4 N–H and O–H groups in total. The van der Waals surface area contributed by atoms with E-state index in [0.29, 0.717) is 17.1 Å². The first-order valence-electron chi connectivity index (χ1n) is 6.55. The number of carbonyl (C=O) groups is 1. The lowest BCUT2D eigenvalue weighted by Crippen LogP contribution is -2.12. The summed E-state index contributed by atoms with van der Waals surface area (Å²) < 4.78 is 0. The Kier molecular flexibility index (Phi) is 5.38. The number of nitrogen functional groups attached to an aromatic ring is 1. The number of halogens is 1. The molecule has 0 aliphatic rings. The van der Waals surface area contributed by atoms with E-state index in [0.717, 1.165) is 12.1 Å². The second kappa shape index (κ2) is 6.63. The second-order valence-corrected chi connectivity index (χ2v) is 6.10. The summed E-state index contributed by atoms with van der Waals surface area (Å²) in [5, 5.41) is 9.80. The van der Waals surface area contributed by atoms with Gasteiger partial charge < -0.3 is 11.1 Å². The number of hydrogen-bond acceptors (Lipinski definition) is 3.